The van der Waals surface area contributed by atoms with Crippen LogP contribution in [0.5, 0.6) is 11.5 Å². The third kappa shape index (κ3) is 4.03. The number of hydrogen-bond acceptors (Lipinski definition) is 5. The molecule has 1 amide bonds. The Labute approximate surface area is 112 Å². The molecule has 104 valence electrons. The number of benzene rings is 1. The summed E-state index contributed by atoms with van der Waals surface area (Å²) >= 11 is 0. The minimum Gasteiger partial charge on any atom is -0.454 e. The molecule has 19 heavy (non-hydrogen) atoms. The van der Waals surface area contributed by atoms with Crippen molar-refractivity contribution in [3.8, 4) is 11.5 Å². The van der Waals surface area contributed by atoms with E-state index in [-0.39, 0.29) is 19.2 Å². The van der Waals surface area contributed by atoms with E-state index < -0.39 is 0 Å². The van der Waals surface area contributed by atoms with E-state index in [9.17, 15) is 4.79 Å². The molecule has 0 aliphatic carbocycles. The monoisotopic (exact) mass is 265 g/mol. The van der Waals surface area contributed by atoms with Crippen LogP contribution in [-0.2, 0) is 4.79 Å². The summed E-state index contributed by atoms with van der Waals surface area (Å²) < 4.78 is 10.5. The standard InChI is InChI=1S/C13H19N3O3/c1-16(2)6-5-14-13(17)8-15-10-3-4-11-12(7-10)19-9-18-11/h3-4,7,15H,5-6,8-9H2,1-2H3,(H,14,17). The van der Waals surface area contributed by atoms with Crippen LogP contribution in [0.25, 0.3) is 0 Å². The maximum Gasteiger partial charge on any atom is 0.239 e. The number of nitrogens with one attached hydrogen (secondary N) is 2. The smallest absolute Gasteiger partial charge is 0.239 e. The normalized spacial score (nSPS) is 12.6. The molecule has 0 fully saturated rings. The highest BCUT2D eigenvalue weighted by Gasteiger charge is 2.13. The predicted molar refractivity (Wildman–Crippen MR) is 72.6 cm³/mol. The van der Waals surface area contributed by atoms with Gasteiger partial charge in [-0.05, 0) is 26.2 Å². The van der Waals surface area contributed by atoms with Crippen LogP contribution >= 0.6 is 0 Å². The number of fused-ring (bicyclic) bond motifs is 1. The molecule has 0 spiro atoms. The third-order valence-corrected chi connectivity index (χ3v) is 2.71. The Balaban J connectivity index is 1.74. The molecule has 0 atom stereocenters. The van der Waals surface area contributed by atoms with Crippen LogP contribution in [0.4, 0.5) is 5.69 Å². The van der Waals surface area contributed by atoms with Gasteiger partial charge in [-0.15, -0.1) is 0 Å². The van der Waals surface area contributed by atoms with E-state index in [1.165, 1.54) is 0 Å². The van der Waals surface area contributed by atoms with E-state index in [1.54, 1.807) is 0 Å². The molecular formula is C13H19N3O3. The molecule has 2 N–H and O–H groups in total. The molecule has 1 aromatic carbocycles. The predicted octanol–water partition coefficient (Wildman–Crippen LogP) is 0.505. The number of rotatable bonds is 6. The van der Waals surface area contributed by atoms with Crippen molar-refractivity contribution in [3.63, 3.8) is 0 Å². The quantitative estimate of drug-likeness (QED) is 0.784. The summed E-state index contributed by atoms with van der Waals surface area (Å²) in [7, 11) is 3.94. The fraction of sp³-hybridized carbons (Fsp3) is 0.462. The van der Waals surface area contributed by atoms with Crippen LogP contribution in [-0.4, -0.2) is 51.3 Å². The van der Waals surface area contributed by atoms with Gasteiger partial charge in [-0.1, -0.05) is 0 Å². The molecule has 0 saturated carbocycles. The Morgan fingerprint density at radius 2 is 2.11 bits per heavy atom. The first-order valence-corrected chi connectivity index (χ1v) is 6.20. The zero-order chi connectivity index (χ0) is 13.7. The van der Waals surface area contributed by atoms with Gasteiger partial charge in [0.15, 0.2) is 11.5 Å². The van der Waals surface area contributed by atoms with Gasteiger partial charge in [-0.25, -0.2) is 0 Å². The fourth-order valence-corrected chi connectivity index (χ4v) is 1.67. The highest BCUT2D eigenvalue weighted by molar-refractivity contribution is 5.80. The number of amides is 1. The van der Waals surface area contributed by atoms with Crippen molar-refractivity contribution in [3.05, 3.63) is 18.2 Å². The lowest BCUT2D eigenvalue weighted by Crippen LogP contribution is -2.34. The summed E-state index contributed by atoms with van der Waals surface area (Å²) in [6.45, 7) is 1.97. The van der Waals surface area contributed by atoms with Gasteiger partial charge in [0.25, 0.3) is 0 Å². The molecule has 2 rings (SSSR count). The van der Waals surface area contributed by atoms with Crippen LogP contribution in [0.3, 0.4) is 0 Å². The van der Waals surface area contributed by atoms with E-state index in [2.05, 4.69) is 10.6 Å². The van der Waals surface area contributed by atoms with Crippen LogP contribution in [0.1, 0.15) is 0 Å². The highest BCUT2D eigenvalue weighted by atomic mass is 16.7. The van der Waals surface area contributed by atoms with Crippen molar-refractivity contribution in [1.82, 2.24) is 10.2 Å². The lowest BCUT2D eigenvalue weighted by molar-refractivity contribution is -0.119. The summed E-state index contributed by atoms with van der Waals surface area (Å²) in [4.78, 5) is 13.6. The van der Waals surface area contributed by atoms with Crippen molar-refractivity contribution >= 4 is 11.6 Å². The number of nitrogens with zero attached hydrogens (tertiary/aromatic N) is 1. The van der Waals surface area contributed by atoms with Crippen molar-refractivity contribution in [2.75, 3.05) is 45.8 Å². The molecule has 1 heterocycles. The number of anilines is 1. The Bertz CT molecular complexity index is 449. The highest BCUT2D eigenvalue weighted by Crippen LogP contribution is 2.33. The maximum absolute atomic E-state index is 11.6. The Hall–Kier alpha value is -1.95. The van der Waals surface area contributed by atoms with Gasteiger partial charge in [0.2, 0.25) is 12.7 Å². The lowest BCUT2D eigenvalue weighted by Gasteiger charge is -2.11. The molecule has 1 aliphatic rings. The Morgan fingerprint density at radius 3 is 2.89 bits per heavy atom. The molecule has 0 unspecified atom stereocenters. The molecule has 6 nitrogen and oxygen atoms in total. The van der Waals surface area contributed by atoms with Gasteiger partial charge in [-0.2, -0.15) is 0 Å². The second-order valence-corrected chi connectivity index (χ2v) is 4.57. The summed E-state index contributed by atoms with van der Waals surface area (Å²) in [5, 5.41) is 5.89. The van der Waals surface area contributed by atoms with Gasteiger partial charge in [-0.3, -0.25) is 4.79 Å². The number of carbonyl (C=O) groups excluding carboxylic acids is 1. The second-order valence-electron chi connectivity index (χ2n) is 4.57. The Kier molecular flexibility index (Phi) is 4.46. The first-order valence-electron chi connectivity index (χ1n) is 6.20. The lowest BCUT2D eigenvalue weighted by atomic mass is 10.3. The van der Waals surface area contributed by atoms with E-state index in [1.807, 2.05) is 37.2 Å². The van der Waals surface area contributed by atoms with Gasteiger partial charge in [0, 0.05) is 24.8 Å². The Morgan fingerprint density at radius 1 is 1.32 bits per heavy atom. The number of ether oxygens (including phenoxy) is 2. The fourth-order valence-electron chi connectivity index (χ4n) is 1.67. The summed E-state index contributed by atoms with van der Waals surface area (Å²) in [6.07, 6.45) is 0. The van der Waals surface area contributed by atoms with Crippen LogP contribution in [0.2, 0.25) is 0 Å². The molecule has 0 bridgehead atoms. The second kappa shape index (κ2) is 6.29. The van der Waals surface area contributed by atoms with Crippen molar-refractivity contribution in [2.24, 2.45) is 0 Å². The van der Waals surface area contributed by atoms with Gasteiger partial charge in [0.05, 0.1) is 6.54 Å². The van der Waals surface area contributed by atoms with Gasteiger partial charge in [0.1, 0.15) is 0 Å². The average molecular weight is 265 g/mol. The van der Waals surface area contributed by atoms with E-state index in [0.29, 0.717) is 12.3 Å². The largest absolute Gasteiger partial charge is 0.454 e. The molecular weight excluding hydrogens is 246 g/mol. The average Bonchev–Trinajstić information content (AvgIpc) is 2.83. The molecule has 1 aliphatic heterocycles. The summed E-state index contributed by atoms with van der Waals surface area (Å²) in [5.74, 6) is 1.42. The first kappa shape index (κ1) is 13.5. The molecule has 1 aromatic rings. The zero-order valence-electron chi connectivity index (χ0n) is 11.2. The third-order valence-electron chi connectivity index (χ3n) is 2.71. The van der Waals surface area contributed by atoms with E-state index >= 15 is 0 Å². The van der Waals surface area contributed by atoms with Gasteiger partial charge < -0.3 is 25.0 Å². The van der Waals surface area contributed by atoms with Crippen molar-refractivity contribution < 1.29 is 14.3 Å². The van der Waals surface area contributed by atoms with Crippen LogP contribution < -0.4 is 20.1 Å². The maximum atomic E-state index is 11.6. The number of likely N-dealkylation sites (N-methyl/N-ethyl adjacent to an activating group) is 1. The van der Waals surface area contributed by atoms with E-state index in [0.717, 1.165) is 18.0 Å². The topological polar surface area (TPSA) is 62.8 Å². The molecule has 0 saturated heterocycles. The van der Waals surface area contributed by atoms with Gasteiger partial charge >= 0.3 is 0 Å². The van der Waals surface area contributed by atoms with Crippen LogP contribution in [0.15, 0.2) is 18.2 Å². The van der Waals surface area contributed by atoms with Crippen LogP contribution in [0, 0.1) is 0 Å². The first-order chi connectivity index (χ1) is 9.15. The summed E-state index contributed by atoms with van der Waals surface area (Å²) in [6, 6.07) is 5.52. The molecule has 6 heteroatoms. The minimum absolute atomic E-state index is 0.0282. The van der Waals surface area contributed by atoms with Crippen molar-refractivity contribution in [2.45, 2.75) is 0 Å². The number of carbonyl (C=O) groups is 1. The van der Waals surface area contributed by atoms with Crippen molar-refractivity contribution in [1.29, 1.82) is 0 Å². The zero-order valence-corrected chi connectivity index (χ0v) is 11.2. The molecule has 0 radical (unpaired) electrons. The SMILES string of the molecule is CN(C)CCNC(=O)CNc1ccc2c(c1)OCO2. The van der Waals surface area contributed by atoms with E-state index in [4.69, 9.17) is 9.47 Å². The molecule has 0 aromatic heterocycles. The number of hydrogen-bond donors (Lipinski definition) is 2. The minimum atomic E-state index is -0.0282. The summed E-state index contributed by atoms with van der Waals surface area (Å²) in [5.41, 5.74) is 0.840.